The third-order valence-electron chi connectivity index (χ3n) is 3.61. The van der Waals surface area contributed by atoms with Crippen molar-refractivity contribution in [3.8, 4) is 17.0 Å². The lowest BCUT2D eigenvalue weighted by Gasteiger charge is -2.12. The second-order valence-corrected chi connectivity index (χ2v) is 5.19. The predicted molar refractivity (Wildman–Crippen MR) is 82.4 cm³/mol. The van der Waals surface area contributed by atoms with Crippen molar-refractivity contribution in [2.24, 2.45) is 7.05 Å². The number of methoxy groups -OCH3 is 1. The van der Waals surface area contributed by atoms with Crippen molar-refractivity contribution in [1.29, 1.82) is 0 Å². The van der Waals surface area contributed by atoms with Gasteiger partial charge in [-0.2, -0.15) is 0 Å². The quantitative estimate of drug-likeness (QED) is 0.660. The molecule has 0 saturated heterocycles. The summed E-state index contributed by atoms with van der Waals surface area (Å²) < 4.78 is 7.61. The van der Waals surface area contributed by atoms with Gasteiger partial charge in [0.2, 0.25) is 0 Å². The Morgan fingerprint density at radius 1 is 1.25 bits per heavy atom. The molecular formula is C16H15ClN2O. The Bertz CT molecular complexity index is 793. The van der Waals surface area contributed by atoms with Crippen molar-refractivity contribution >= 4 is 22.5 Å². The zero-order valence-electron chi connectivity index (χ0n) is 11.6. The number of rotatable bonds is 2. The van der Waals surface area contributed by atoms with Crippen molar-refractivity contribution < 1.29 is 4.74 Å². The number of hydrogen-bond acceptors (Lipinski definition) is 2. The molecular weight excluding hydrogens is 272 g/mol. The molecule has 0 spiro atoms. The van der Waals surface area contributed by atoms with Gasteiger partial charge in [-0.1, -0.05) is 23.7 Å². The Morgan fingerprint density at radius 3 is 2.80 bits per heavy atom. The summed E-state index contributed by atoms with van der Waals surface area (Å²) in [6.45, 7) is 2.08. The van der Waals surface area contributed by atoms with Crippen LogP contribution in [-0.2, 0) is 7.05 Å². The number of benzene rings is 1. The van der Waals surface area contributed by atoms with Crippen LogP contribution in [0.1, 0.15) is 5.56 Å². The molecule has 0 aliphatic heterocycles. The zero-order chi connectivity index (χ0) is 14.3. The maximum Gasteiger partial charge on any atom is 0.129 e. The minimum atomic E-state index is 0.506. The average molecular weight is 287 g/mol. The summed E-state index contributed by atoms with van der Waals surface area (Å²) in [5, 5.41) is 1.58. The van der Waals surface area contributed by atoms with Crippen LogP contribution in [0.15, 0.2) is 36.5 Å². The van der Waals surface area contributed by atoms with E-state index in [2.05, 4.69) is 28.6 Å². The third-order valence-corrected chi connectivity index (χ3v) is 3.81. The highest BCUT2D eigenvalue weighted by atomic mass is 35.5. The van der Waals surface area contributed by atoms with Gasteiger partial charge in [-0.25, -0.2) is 4.98 Å². The summed E-state index contributed by atoms with van der Waals surface area (Å²) in [5.41, 5.74) is 4.42. The molecule has 0 saturated carbocycles. The van der Waals surface area contributed by atoms with E-state index in [1.807, 2.05) is 25.2 Å². The van der Waals surface area contributed by atoms with E-state index in [4.69, 9.17) is 16.3 Å². The van der Waals surface area contributed by atoms with E-state index in [9.17, 15) is 0 Å². The fourth-order valence-electron chi connectivity index (χ4n) is 2.59. The Balaban J connectivity index is 2.33. The minimum Gasteiger partial charge on any atom is -0.496 e. The van der Waals surface area contributed by atoms with Crippen molar-refractivity contribution in [3.63, 3.8) is 0 Å². The highest BCUT2D eigenvalue weighted by Gasteiger charge is 2.14. The first-order chi connectivity index (χ1) is 9.61. The Kier molecular flexibility index (Phi) is 3.14. The molecule has 102 valence electrons. The van der Waals surface area contributed by atoms with Crippen LogP contribution in [0.3, 0.4) is 0 Å². The van der Waals surface area contributed by atoms with Crippen LogP contribution in [0.25, 0.3) is 22.2 Å². The first kappa shape index (κ1) is 13.0. The van der Waals surface area contributed by atoms with Crippen LogP contribution < -0.4 is 4.74 Å². The number of hydrogen-bond donors (Lipinski definition) is 0. The van der Waals surface area contributed by atoms with E-state index in [0.717, 1.165) is 27.9 Å². The molecule has 0 aliphatic carbocycles. The van der Waals surface area contributed by atoms with Crippen molar-refractivity contribution in [3.05, 3.63) is 47.2 Å². The van der Waals surface area contributed by atoms with E-state index < -0.39 is 0 Å². The molecule has 0 unspecified atom stereocenters. The molecule has 3 rings (SSSR count). The summed E-state index contributed by atoms with van der Waals surface area (Å²) in [7, 11) is 3.72. The normalized spacial score (nSPS) is 11.0. The highest BCUT2D eigenvalue weighted by molar-refractivity contribution is 6.30. The second-order valence-electron chi connectivity index (χ2n) is 4.81. The molecule has 1 aromatic carbocycles. The maximum absolute atomic E-state index is 5.97. The molecule has 0 bridgehead atoms. The summed E-state index contributed by atoms with van der Waals surface area (Å²) in [4.78, 5) is 4.15. The minimum absolute atomic E-state index is 0.506. The number of pyridine rings is 1. The number of halogens is 1. The smallest absolute Gasteiger partial charge is 0.129 e. The van der Waals surface area contributed by atoms with Gasteiger partial charge in [-0.05, 0) is 30.7 Å². The monoisotopic (exact) mass is 286 g/mol. The van der Waals surface area contributed by atoms with Gasteiger partial charge in [-0.3, -0.25) is 0 Å². The van der Waals surface area contributed by atoms with Crippen LogP contribution in [0.4, 0.5) is 0 Å². The molecule has 4 heteroatoms. The zero-order valence-corrected chi connectivity index (χ0v) is 12.4. The summed E-state index contributed by atoms with van der Waals surface area (Å²) in [6, 6.07) is 10.1. The van der Waals surface area contributed by atoms with Gasteiger partial charge in [0, 0.05) is 18.0 Å². The summed E-state index contributed by atoms with van der Waals surface area (Å²) in [5.74, 6) is 0.870. The van der Waals surface area contributed by atoms with Crippen LogP contribution in [0.2, 0.25) is 5.15 Å². The third kappa shape index (κ3) is 1.95. The molecule has 3 aromatic rings. The number of aryl methyl sites for hydroxylation is 2. The molecule has 2 heterocycles. The molecule has 0 atom stereocenters. The SMILES string of the molecule is COc1cccc(C)c1-c1cc2cc(Cl)ncc2n1C. The van der Waals surface area contributed by atoms with Crippen LogP contribution in [0.5, 0.6) is 5.75 Å². The predicted octanol–water partition coefficient (Wildman–Crippen LogP) is 4.21. The number of ether oxygens (including phenoxy) is 1. The maximum atomic E-state index is 5.97. The summed E-state index contributed by atoms with van der Waals surface area (Å²) in [6.07, 6.45) is 1.80. The molecule has 20 heavy (non-hydrogen) atoms. The van der Waals surface area contributed by atoms with Gasteiger partial charge >= 0.3 is 0 Å². The molecule has 0 radical (unpaired) electrons. The average Bonchev–Trinajstić information content (AvgIpc) is 2.74. The highest BCUT2D eigenvalue weighted by Crippen LogP contribution is 2.36. The van der Waals surface area contributed by atoms with Crippen LogP contribution in [0, 0.1) is 6.92 Å². The lowest BCUT2D eigenvalue weighted by Crippen LogP contribution is -1.96. The van der Waals surface area contributed by atoms with E-state index in [-0.39, 0.29) is 0 Å². The Morgan fingerprint density at radius 2 is 2.05 bits per heavy atom. The van der Waals surface area contributed by atoms with Gasteiger partial charge in [-0.15, -0.1) is 0 Å². The molecule has 0 fully saturated rings. The Labute approximate surface area is 122 Å². The van der Waals surface area contributed by atoms with Crippen LogP contribution in [-0.4, -0.2) is 16.7 Å². The van der Waals surface area contributed by atoms with Crippen molar-refractivity contribution in [2.75, 3.05) is 7.11 Å². The Hall–Kier alpha value is -2.00. The molecule has 2 aromatic heterocycles. The van der Waals surface area contributed by atoms with E-state index in [1.165, 1.54) is 5.56 Å². The van der Waals surface area contributed by atoms with E-state index in [1.54, 1.807) is 13.3 Å². The number of nitrogens with zero attached hydrogens (tertiary/aromatic N) is 2. The van der Waals surface area contributed by atoms with E-state index in [0.29, 0.717) is 5.15 Å². The van der Waals surface area contributed by atoms with Crippen LogP contribution >= 0.6 is 11.6 Å². The fourth-order valence-corrected chi connectivity index (χ4v) is 2.75. The van der Waals surface area contributed by atoms with Gasteiger partial charge < -0.3 is 9.30 Å². The topological polar surface area (TPSA) is 27.1 Å². The second kappa shape index (κ2) is 4.84. The lowest BCUT2D eigenvalue weighted by molar-refractivity contribution is 0.416. The van der Waals surface area contributed by atoms with Gasteiger partial charge in [0.05, 0.1) is 24.5 Å². The van der Waals surface area contributed by atoms with Gasteiger partial charge in [0.1, 0.15) is 10.9 Å². The first-order valence-electron chi connectivity index (χ1n) is 6.36. The molecule has 3 nitrogen and oxygen atoms in total. The van der Waals surface area contributed by atoms with Crippen molar-refractivity contribution in [2.45, 2.75) is 6.92 Å². The molecule has 0 amide bonds. The first-order valence-corrected chi connectivity index (χ1v) is 6.74. The van der Waals surface area contributed by atoms with Gasteiger partial charge in [0.15, 0.2) is 0 Å². The number of fused-ring (bicyclic) bond motifs is 1. The van der Waals surface area contributed by atoms with Gasteiger partial charge in [0.25, 0.3) is 0 Å². The number of aromatic nitrogens is 2. The van der Waals surface area contributed by atoms with E-state index >= 15 is 0 Å². The summed E-state index contributed by atoms with van der Waals surface area (Å²) >= 11 is 5.97. The molecule has 0 N–H and O–H groups in total. The standard InChI is InChI=1S/C16H15ClN2O/c1-10-5-4-6-14(20-3)16(10)12-7-11-8-15(17)18-9-13(11)19(12)2/h4-9H,1-3H3. The van der Waals surface area contributed by atoms with Crippen molar-refractivity contribution in [1.82, 2.24) is 9.55 Å². The molecule has 0 aliphatic rings. The lowest BCUT2D eigenvalue weighted by atomic mass is 10.0. The largest absolute Gasteiger partial charge is 0.496 e. The fraction of sp³-hybridized carbons (Fsp3) is 0.188.